The summed E-state index contributed by atoms with van der Waals surface area (Å²) in [7, 11) is 2.08. The average Bonchev–Trinajstić information content (AvgIpc) is 3.71. The first-order valence-electron chi connectivity index (χ1n) is 15.0. The van der Waals surface area contributed by atoms with Gasteiger partial charge in [-0.05, 0) is 113 Å². The zero-order valence-electron chi connectivity index (χ0n) is 23.6. The van der Waals surface area contributed by atoms with E-state index in [9.17, 15) is 19.8 Å². The molecule has 1 saturated carbocycles. The van der Waals surface area contributed by atoms with Gasteiger partial charge in [0, 0.05) is 35.8 Å². The molecule has 7 nitrogen and oxygen atoms in total. The minimum Gasteiger partial charge on any atom is -0.508 e. The van der Waals surface area contributed by atoms with E-state index in [1.165, 1.54) is 19.4 Å². The van der Waals surface area contributed by atoms with Gasteiger partial charge in [-0.15, -0.1) is 0 Å². The highest BCUT2D eigenvalue weighted by molar-refractivity contribution is 6.08. The zero-order chi connectivity index (χ0) is 27.5. The number of likely N-dealkylation sites (tertiary alicyclic amines) is 1. The number of carbonyl (C=O) groups excluding carboxylic acids is 1. The quantitative estimate of drug-likeness (QED) is 0.478. The molecular weight excluding hydrogens is 489 g/mol. The number of aliphatic hydroxyl groups is 1. The number of nitrogens with one attached hydrogen (secondary N) is 1. The summed E-state index contributed by atoms with van der Waals surface area (Å²) in [6, 6.07) is 7.98. The van der Waals surface area contributed by atoms with Crippen LogP contribution in [0.5, 0.6) is 5.75 Å². The third-order valence-electron chi connectivity index (χ3n) is 10.2. The van der Waals surface area contributed by atoms with Crippen LogP contribution < -0.4 is 5.56 Å². The molecule has 2 bridgehead atoms. The van der Waals surface area contributed by atoms with Gasteiger partial charge >= 0.3 is 0 Å². The second-order valence-electron chi connectivity index (χ2n) is 12.9. The summed E-state index contributed by atoms with van der Waals surface area (Å²) in [4.78, 5) is 34.5. The largest absolute Gasteiger partial charge is 0.508 e. The number of carbonyl (C=O) groups is 1. The van der Waals surface area contributed by atoms with E-state index >= 15 is 0 Å². The molecule has 1 aromatic heterocycles. The molecule has 3 aliphatic heterocycles. The number of nitrogens with zero attached hydrogens (tertiary/aromatic N) is 2. The van der Waals surface area contributed by atoms with Crippen LogP contribution in [-0.2, 0) is 18.2 Å². The first kappa shape index (κ1) is 26.6. The molecule has 8 heteroatoms. The number of aromatic amines is 1. The number of aliphatic hydroxyl groups excluding tert-OH is 1. The van der Waals surface area contributed by atoms with Gasteiger partial charge in [-0.3, -0.25) is 9.59 Å². The van der Waals surface area contributed by atoms with E-state index in [4.69, 9.17) is 0 Å². The van der Waals surface area contributed by atoms with Crippen molar-refractivity contribution >= 4 is 13.8 Å². The molecule has 3 saturated heterocycles. The van der Waals surface area contributed by atoms with Gasteiger partial charge < -0.3 is 25.0 Å². The fourth-order valence-corrected chi connectivity index (χ4v) is 7.86. The van der Waals surface area contributed by atoms with Crippen LogP contribution in [0, 0.1) is 12.8 Å². The van der Waals surface area contributed by atoms with Gasteiger partial charge in [-0.2, -0.15) is 0 Å². The van der Waals surface area contributed by atoms with Crippen molar-refractivity contribution in [1.82, 2.24) is 14.8 Å². The van der Waals surface area contributed by atoms with Gasteiger partial charge in [0.25, 0.3) is 11.5 Å². The van der Waals surface area contributed by atoms with Crippen molar-refractivity contribution in [3.63, 3.8) is 0 Å². The lowest BCUT2D eigenvalue weighted by molar-refractivity contribution is -0.0597. The molecule has 0 radical (unpaired) electrons. The normalized spacial score (nSPS) is 30.7. The van der Waals surface area contributed by atoms with E-state index in [2.05, 4.69) is 31.6 Å². The van der Waals surface area contributed by atoms with Crippen LogP contribution >= 0.6 is 0 Å². The number of hydrogen-bond acceptors (Lipinski definition) is 5. The Hall–Kier alpha value is -2.58. The number of aromatic hydroxyl groups is 1. The van der Waals surface area contributed by atoms with Crippen molar-refractivity contribution < 1.29 is 15.0 Å². The van der Waals surface area contributed by atoms with Crippen molar-refractivity contribution in [2.75, 3.05) is 13.1 Å². The second-order valence-corrected chi connectivity index (χ2v) is 12.9. The van der Waals surface area contributed by atoms with Crippen LogP contribution in [-0.4, -0.2) is 76.1 Å². The van der Waals surface area contributed by atoms with Crippen molar-refractivity contribution in [3.05, 3.63) is 62.6 Å². The van der Waals surface area contributed by atoms with Crippen molar-refractivity contribution in [2.45, 2.75) is 101 Å². The fraction of sp³-hybridized carbons (Fsp3) is 0.613. The van der Waals surface area contributed by atoms with Crippen LogP contribution in [0.1, 0.15) is 84.6 Å². The van der Waals surface area contributed by atoms with Crippen LogP contribution in [0.4, 0.5) is 0 Å². The van der Waals surface area contributed by atoms with E-state index in [1.54, 1.807) is 6.07 Å². The smallest absolute Gasteiger partial charge is 0.261 e. The highest BCUT2D eigenvalue weighted by atomic mass is 16.3. The first-order chi connectivity index (χ1) is 18.7. The number of piperidine rings is 2. The van der Waals surface area contributed by atoms with E-state index in [1.807, 2.05) is 23.1 Å². The zero-order valence-corrected chi connectivity index (χ0v) is 23.6. The van der Waals surface area contributed by atoms with Gasteiger partial charge in [-0.1, -0.05) is 12.4 Å². The summed E-state index contributed by atoms with van der Waals surface area (Å²) in [5.74, 6) is 0.911. The van der Waals surface area contributed by atoms with Crippen LogP contribution in [0.3, 0.4) is 0 Å². The highest BCUT2D eigenvalue weighted by Gasteiger charge is 2.48. The van der Waals surface area contributed by atoms with Crippen molar-refractivity contribution in [1.29, 1.82) is 0 Å². The monoisotopic (exact) mass is 531 g/mol. The number of amides is 1. The number of aryl methyl sites for hydroxylation is 1. The van der Waals surface area contributed by atoms with Crippen molar-refractivity contribution in [2.24, 2.45) is 5.92 Å². The molecular formula is C31H42BN3O4. The summed E-state index contributed by atoms with van der Waals surface area (Å²) in [5.41, 5.74) is 3.92. The number of phenolic OH excluding ortho intramolecular Hbond substituents is 1. The van der Waals surface area contributed by atoms with Crippen LogP contribution in [0.2, 0.25) is 0 Å². The Bertz CT molecular complexity index is 1310. The molecule has 6 rings (SSSR count). The Balaban J connectivity index is 1.33. The number of H-pyrrole nitrogens is 1. The standard InChI is InChI=1S/C31H42BN3O4/c1-18-3-6-24(36)13-27(18)31(7-8-34(19(2)14-31)17-20-4-5-20)15-28-21(16-32)9-26(29(38)33-28)30(39)35-22-10-23(35)12-25(37)11-22/h3,6,9,13,19-20,22-23,25,36-37H,4-5,7-8,10-12,14-17,32H2,1-2H3,(H,33,38). The van der Waals surface area contributed by atoms with E-state index < -0.39 is 0 Å². The molecule has 39 heavy (non-hydrogen) atoms. The molecule has 1 aromatic carbocycles. The number of rotatable bonds is 7. The van der Waals surface area contributed by atoms with Gasteiger partial charge in [0.1, 0.15) is 19.2 Å². The predicted molar refractivity (Wildman–Crippen MR) is 154 cm³/mol. The van der Waals surface area contributed by atoms with Crippen LogP contribution in [0.25, 0.3) is 0 Å². The highest BCUT2D eigenvalue weighted by Crippen LogP contribution is 2.45. The summed E-state index contributed by atoms with van der Waals surface area (Å²) in [5, 5.41) is 20.5. The number of aromatic nitrogens is 1. The molecule has 4 unspecified atom stereocenters. The third-order valence-corrected chi connectivity index (χ3v) is 10.2. The Labute approximate surface area is 232 Å². The summed E-state index contributed by atoms with van der Waals surface area (Å²) in [6.45, 7) is 6.60. The Morgan fingerprint density at radius 1 is 1.18 bits per heavy atom. The molecule has 1 aliphatic carbocycles. The lowest BCUT2D eigenvalue weighted by Gasteiger charge is -2.54. The lowest BCUT2D eigenvalue weighted by atomic mass is 9.66. The van der Waals surface area contributed by atoms with E-state index in [-0.39, 0.29) is 46.4 Å². The lowest BCUT2D eigenvalue weighted by Crippen LogP contribution is -2.64. The molecule has 2 aromatic rings. The molecule has 1 amide bonds. The number of fused-ring (bicyclic) bond motifs is 2. The maximum absolute atomic E-state index is 13.5. The average molecular weight is 532 g/mol. The Kier molecular flexibility index (Phi) is 6.91. The molecule has 4 fully saturated rings. The Morgan fingerprint density at radius 3 is 2.59 bits per heavy atom. The van der Waals surface area contributed by atoms with Crippen molar-refractivity contribution in [3.8, 4) is 5.75 Å². The van der Waals surface area contributed by atoms with Gasteiger partial charge in [0.2, 0.25) is 0 Å². The van der Waals surface area contributed by atoms with Gasteiger partial charge in [0.05, 0.1) is 6.10 Å². The third kappa shape index (κ3) is 4.95. The molecule has 4 heterocycles. The van der Waals surface area contributed by atoms with E-state index in [0.717, 1.165) is 60.4 Å². The summed E-state index contributed by atoms with van der Waals surface area (Å²) >= 11 is 0. The maximum atomic E-state index is 13.5. The molecule has 3 N–H and O–H groups in total. The van der Waals surface area contributed by atoms with Gasteiger partial charge in [0.15, 0.2) is 0 Å². The number of phenols is 1. The summed E-state index contributed by atoms with van der Waals surface area (Å²) in [6.07, 6.45) is 7.75. The maximum Gasteiger partial charge on any atom is 0.261 e. The predicted octanol–water partition coefficient (Wildman–Crippen LogP) is 2.63. The molecule has 208 valence electrons. The minimum absolute atomic E-state index is 0.0368. The first-order valence-corrected chi connectivity index (χ1v) is 15.0. The van der Waals surface area contributed by atoms with Crippen LogP contribution in [0.15, 0.2) is 29.1 Å². The summed E-state index contributed by atoms with van der Waals surface area (Å²) < 4.78 is 0. The van der Waals surface area contributed by atoms with E-state index in [0.29, 0.717) is 25.3 Å². The number of hydrogen-bond donors (Lipinski definition) is 3. The topological polar surface area (TPSA) is 96.9 Å². The van der Waals surface area contributed by atoms with Gasteiger partial charge in [-0.25, -0.2) is 0 Å². The molecule has 4 aliphatic rings. The Morgan fingerprint density at radius 2 is 1.92 bits per heavy atom. The second kappa shape index (κ2) is 10.1. The minimum atomic E-state index is -0.347. The number of benzene rings is 1. The fourth-order valence-electron chi connectivity index (χ4n) is 7.86. The molecule has 0 spiro atoms. The SMILES string of the molecule is BCc1cc(C(=O)N2C3CC(O)CC2C3)c(=O)[nH]c1CC1(c2cc(O)ccc2C)CCN(CC2CC2)C(C)C1. The number of pyridine rings is 1. The molecule has 4 atom stereocenters.